The zero-order valence-corrected chi connectivity index (χ0v) is 10.0. The average molecular weight is 218 g/mol. The molecule has 3 aliphatic rings. The first-order valence-electron chi connectivity index (χ1n) is 6.24. The summed E-state index contributed by atoms with van der Waals surface area (Å²) in [6.45, 7) is 4.24. The van der Waals surface area contributed by atoms with Gasteiger partial charge in [-0.15, -0.1) is 0 Å². The average Bonchev–Trinajstić information content (AvgIpc) is 2.56. The summed E-state index contributed by atoms with van der Waals surface area (Å²) in [6.07, 6.45) is 7.16. The highest BCUT2D eigenvalue weighted by atomic mass is 16.5. The molecule has 1 aliphatic heterocycles. The molecular weight excluding hydrogens is 200 g/mol. The highest BCUT2D eigenvalue weighted by Crippen LogP contribution is 2.51. The van der Waals surface area contributed by atoms with Crippen LogP contribution in [0.5, 0.6) is 0 Å². The molecule has 2 aliphatic carbocycles. The standard InChI is InChI=1S/C14H18O2/c1-9-3-4-10-11-5-6-13(15)14(11,2)8-7-12(10)16-9/h5,9H,3-4,6-8H2,1-2H3. The van der Waals surface area contributed by atoms with Gasteiger partial charge >= 0.3 is 0 Å². The van der Waals surface area contributed by atoms with Crippen LogP contribution >= 0.6 is 0 Å². The number of ketones is 1. The van der Waals surface area contributed by atoms with Crippen LogP contribution in [-0.4, -0.2) is 11.9 Å². The van der Waals surface area contributed by atoms with Crippen molar-refractivity contribution in [3.8, 4) is 0 Å². The molecule has 0 saturated carbocycles. The molecule has 0 saturated heterocycles. The van der Waals surface area contributed by atoms with Crippen LogP contribution in [-0.2, 0) is 9.53 Å². The topological polar surface area (TPSA) is 26.3 Å². The summed E-state index contributed by atoms with van der Waals surface area (Å²) in [7, 11) is 0. The van der Waals surface area contributed by atoms with Gasteiger partial charge in [-0.1, -0.05) is 6.08 Å². The number of hydrogen-bond acceptors (Lipinski definition) is 2. The molecule has 2 unspecified atom stereocenters. The molecular formula is C14H18O2. The minimum atomic E-state index is -0.192. The molecule has 1 heterocycles. The minimum Gasteiger partial charge on any atom is -0.495 e. The van der Waals surface area contributed by atoms with Crippen molar-refractivity contribution in [1.82, 2.24) is 0 Å². The maximum absolute atomic E-state index is 12.0. The van der Waals surface area contributed by atoms with Gasteiger partial charge in [-0.3, -0.25) is 4.79 Å². The molecule has 0 fully saturated rings. The van der Waals surface area contributed by atoms with Crippen molar-refractivity contribution in [3.05, 3.63) is 23.0 Å². The lowest BCUT2D eigenvalue weighted by Gasteiger charge is -2.38. The van der Waals surface area contributed by atoms with Crippen LogP contribution in [0.1, 0.15) is 46.0 Å². The van der Waals surface area contributed by atoms with E-state index in [-0.39, 0.29) is 5.41 Å². The molecule has 0 spiro atoms. The SMILES string of the molecule is CC1CCC2=C(CCC3(C)C(=O)CC=C23)O1. The third-order valence-corrected chi connectivity index (χ3v) is 4.36. The van der Waals surface area contributed by atoms with Gasteiger partial charge in [0.05, 0.1) is 17.3 Å². The van der Waals surface area contributed by atoms with E-state index >= 15 is 0 Å². The number of carbonyl (C=O) groups excluding carboxylic acids is 1. The van der Waals surface area contributed by atoms with Crippen LogP contribution in [0.25, 0.3) is 0 Å². The minimum absolute atomic E-state index is 0.192. The van der Waals surface area contributed by atoms with Gasteiger partial charge in [-0.2, -0.15) is 0 Å². The normalized spacial score (nSPS) is 37.8. The molecule has 86 valence electrons. The molecule has 0 bridgehead atoms. The molecule has 2 heteroatoms. The maximum atomic E-state index is 12.0. The molecule has 0 N–H and O–H groups in total. The van der Waals surface area contributed by atoms with Gasteiger partial charge in [-0.05, 0) is 44.3 Å². The van der Waals surface area contributed by atoms with Gasteiger partial charge in [-0.25, -0.2) is 0 Å². The summed E-state index contributed by atoms with van der Waals surface area (Å²) in [5, 5.41) is 0. The van der Waals surface area contributed by atoms with Crippen molar-refractivity contribution in [2.75, 3.05) is 0 Å². The lowest BCUT2D eigenvalue weighted by Crippen LogP contribution is -2.32. The maximum Gasteiger partial charge on any atom is 0.146 e. The molecule has 0 radical (unpaired) electrons. The first kappa shape index (κ1) is 10.1. The fourth-order valence-electron chi connectivity index (χ4n) is 3.24. The summed E-state index contributed by atoms with van der Waals surface area (Å²) in [4.78, 5) is 12.0. The van der Waals surface area contributed by atoms with Crippen LogP contribution in [0, 0.1) is 5.41 Å². The second-order valence-electron chi connectivity index (χ2n) is 5.45. The van der Waals surface area contributed by atoms with E-state index in [1.165, 1.54) is 11.1 Å². The van der Waals surface area contributed by atoms with Crippen LogP contribution in [0.3, 0.4) is 0 Å². The molecule has 0 aromatic rings. The summed E-state index contributed by atoms with van der Waals surface area (Å²) in [5.74, 6) is 1.56. The molecule has 3 rings (SSSR count). The monoisotopic (exact) mass is 218 g/mol. The van der Waals surface area contributed by atoms with Gasteiger partial charge in [0.2, 0.25) is 0 Å². The zero-order valence-electron chi connectivity index (χ0n) is 10.0. The lowest BCUT2D eigenvalue weighted by atomic mass is 9.70. The van der Waals surface area contributed by atoms with Crippen LogP contribution in [0.4, 0.5) is 0 Å². The van der Waals surface area contributed by atoms with Crippen molar-refractivity contribution >= 4 is 5.78 Å². The van der Waals surface area contributed by atoms with Gasteiger partial charge in [0.25, 0.3) is 0 Å². The highest BCUT2D eigenvalue weighted by Gasteiger charge is 2.45. The molecule has 0 aromatic heterocycles. The van der Waals surface area contributed by atoms with E-state index in [2.05, 4.69) is 19.9 Å². The van der Waals surface area contributed by atoms with E-state index in [1.54, 1.807) is 0 Å². The Morgan fingerprint density at radius 3 is 3.06 bits per heavy atom. The Balaban J connectivity index is 2.03. The Morgan fingerprint density at radius 1 is 1.44 bits per heavy atom. The number of rotatable bonds is 0. The summed E-state index contributed by atoms with van der Waals surface area (Å²) >= 11 is 0. The van der Waals surface area contributed by atoms with Crippen molar-refractivity contribution in [2.45, 2.75) is 52.1 Å². The first-order chi connectivity index (χ1) is 7.61. The number of allylic oxidation sites excluding steroid dienone is 4. The van der Waals surface area contributed by atoms with Crippen molar-refractivity contribution < 1.29 is 9.53 Å². The van der Waals surface area contributed by atoms with Crippen LogP contribution < -0.4 is 0 Å². The highest BCUT2D eigenvalue weighted by molar-refractivity contribution is 5.93. The number of Topliss-reactive ketones (excluding diaryl/α,β-unsaturated/α-hetero) is 1. The Bertz CT molecular complexity index is 416. The van der Waals surface area contributed by atoms with E-state index in [0.717, 1.165) is 31.4 Å². The van der Waals surface area contributed by atoms with E-state index in [4.69, 9.17) is 4.74 Å². The largest absolute Gasteiger partial charge is 0.495 e. The number of fused-ring (bicyclic) bond motifs is 2. The van der Waals surface area contributed by atoms with E-state index < -0.39 is 0 Å². The van der Waals surface area contributed by atoms with Gasteiger partial charge in [0, 0.05) is 12.8 Å². The summed E-state index contributed by atoms with van der Waals surface area (Å²) < 4.78 is 5.91. The van der Waals surface area contributed by atoms with E-state index in [9.17, 15) is 4.79 Å². The van der Waals surface area contributed by atoms with Crippen molar-refractivity contribution in [3.63, 3.8) is 0 Å². The molecule has 0 amide bonds. The summed E-state index contributed by atoms with van der Waals surface area (Å²) in [5.41, 5.74) is 2.44. The van der Waals surface area contributed by atoms with Crippen LogP contribution in [0.15, 0.2) is 23.0 Å². The number of ether oxygens (including phenoxy) is 1. The van der Waals surface area contributed by atoms with Crippen LogP contribution in [0.2, 0.25) is 0 Å². The Hall–Kier alpha value is -1.05. The van der Waals surface area contributed by atoms with Gasteiger partial charge in [0.15, 0.2) is 0 Å². The predicted octanol–water partition coefficient (Wildman–Crippen LogP) is 3.14. The number of hydrogen-bond donors (Lipinski definition) is 0. The number of carbonyl (C=O) groups is 1. The van der Waals surface area contributed by atoms with Gasteiger partial charge < -0.3 is 4.74 Å². The summed E-state index contributed by atoms with van der Waals surface area (Å²) in [6, 6.07) is 0. The Labute approximate surface area is 96.4 Å². The quantitative estimate of drug-likeness (QED) is 0.624. The first-order valence-corrected chi connectivity index (χ1v) is 6.24. The molecule has 16 heavy (non-hydrogen) atoms. The molecule has 2 atom stereocenters. The second kappa shape index (κ2) is 3.22. The smallest absolute Gasteiger partial charge is 0.146 e. The third kappa shape index (κ3) is 1.22. The van der Waals surface area contributed by atoms with Crippen molar-refractivity contribution in [2.24, 2.45) is 5.41 Å². The third-order valence-electron chi connectivity index (χ3n) is 4.36. The predicted molar refractivity (Wildman–Crippen MR) is 61.9 cm³/mol. The van der Waals surface area contributed by atoms with Gasteiger partial charge in [0.1, 0.15) is 5.78 Å². The van der Waals surface area contributed by atoms with E-state index in [1.807, 2.05) is 0 Å². The fourth-order valence-corrected chi connectivity index (χ4v) is 3.24. The van der Waals surface area contributed by atoms with Crippen molar-refractivity contribution in [1.29, 1.82) is 0 Å². The molecule has 0 aromatic carbocycles. The van der Waals surface area contributed by atoms with E-state index in [0.29, 0.717) is 18.3 Å². The zero-order chi connectivity index (χ0) is 11.3. The Kier molecular flexibility index (Phi) is 2.04. The second-order valence-corrected chi connectivity index (χ2v) is 5.45. The lowest BCUT2D eigenvalue weighted by molar-refractivity contribution is -0.124. The Morgan fingerprint density at radius 2 is 2.25 bits per heavy atom. The molecule has 2 nitrogen and oxygen atoms in total. The fraction of sp³-hybridized carbons (Fsp3) is 0.643.